The largest absolute Gasteiger partial charge is 0.350 e. The fourth-order valence-electron chi connectivity index (χ4n) is 1.53. The van der Waals surface area contributed by atoms with E-state index < -0.39 is 0 Å². The molecule has 1 amide bonds. The first-order valence-electron chi connectivity index (χ1n) is 5.41. The topological polar surface area (TPSA) is 29.1 Å². The Hall–Kier alpha value is -0.000000000000000111. The van der Waals surface area contributed by atoms with Gasteiger partial charge in [0, 0.05) is 14.6 Å². The fraction of sp³-hybridized carbons (Fsp3) is 0.417. The maximum Gasteiger partial charge on any atom is 0.252 e. The van der Waals surface area contributed by atoms with Gasteiger partial charge < -0.3 is 5.32 Å². The molecule has 5 heteroatoms. The Morgan fingerprint density at radius 2 is 2.12 bits per heavy atom. The van der Waals surface area contributed by atoms with Gasteiger partial charge in [0.25, 0.3) is 5.91 Å². The minimum Gasteiger partial charge on any atom is -0.350 e. The Kier molecular flexibility index (Phi) is 6.03. The van der Waals surface area contributed by atoms with E-state index in [4.69, 9.17) is 23.2 Å². The molecule has 2 nitrogen and oxygen atoms in total. The van der Waals surface area contributed by atoms with Crippen molar-refractivity contribution in [1.82, 2.24) is 5.32 Å². The molecule has 1 atom stereocenters. The third-order valence-corrected chi connectivity index (χ3v) is 4.33. The van der Waals surface area contributed by atoms with Crippen LogP contribution < -0.4 is 5.32 Å². The van der Waals surface area contributed by atoms with Crippen LogP contribution in [0.3, 0.4) is 0 Å². The van der Waals surface area contributed by atoms with Gasteiger partial charge in [-0.3, -0.25) is 4.79 Å². The summed E-state index contributed by atoms with van der Waals surface area (Å²) in [6, 6.07) is 3.43. The molecule has 1 N–H and O–H groups in total. The molecule has 0 aliphatic carbocycles. The highest BCUT2D eigenvalue weighted by Gasteiger charge is 2.15. The predicted molar refractivity (Wildman–Crippen MR) is 81.0 cm³/mol. The van der Waals surface area contributed by atoms with Crippen molar-refractivity contribution >= 4 is 51.7 Å². The zero-order valence-electron chi connectivity index (χ0n) is 9.69. The predicted octanol–water partition coefficient (Wildman–Crippen LogP) is 4.52. The molecule has 0 aliphatic heterocycles. The minimum absolute atomic E-state index is 0.125. The van der Waals surface area contributed by atoms with E-state index in [9.17, 15) is 4.79 Å². The van der Waals surface area contributed by atoms with Crippen LogP contribution in [0.15, 0.2) is 12.1 Å². The van der Waals surface area contributed by atoms with E-state index in [0.29, 0.717) is 15.6 Å². The summed E-state index contributed by atoms with van der Waals surface area (Å²) in [4.78, 5) is 12.0. The Morgan fingerprint density at radius 1 is 1.47 bits per heavy atom. The Labute approximate surface area is 125 Å². The average Bonchev–Trinajstić information content (AvgIpc) is 2.23. The molecule has 0 saturated carbocycles. The highest BCUT2D eigenvalue weighted by atomic mass is 127. The second-order valence-corrected chi connectivity index (χ2v) is 5.83. The second-order valence-electron chi connectivity index (χ2n) is 3.91. The van der Waals surface area contributed by atoms with Crippen molar-refractivity contribution in [2.75, 3.05) is 0 Å². The van der Waals surface area contributed by atoms with Crippen molar-refractivity contribution in [3.8, 4) is 0 Å². The van der Waals surface area contributed by atoms with Crippen molar-refractivity contribution in [3.05, 3.63) is 31.3 Å². The monoisotopic (exact) mass is 385 g/mol. The van der Waals surface area contributed by atoms with Crippen molar-refractivity contribution in [2.24, 2.45) is 0 Å². The summed E-state index contributed by atoms with van der Waals surface area (Å²) in [6.45, 7) is 4.07. The number of amides is 1. The van der Waals surface area contributed by atoms with Gasteiger partial charge in [0.1, 0.15) is 0 Å². The molecule has 1 rings (SSSR count). The smallest absolute Gasteiger partial charge is 0.252 e. The van der Waals surface area contributed by atoms with Crippen molar-refractivity contribution < 1.29 is 4.79 Å². The standard InChI is InChI=1S/C12H14Cl2INO/c1-3-4-7(2)16-12(17)9-5-8(13)6-10(14)11(9)15/h5-7H,3-4H2,1-2H3,(H,16,17)/t7-/m1/s1. The minimum atomic E-state index is -0.125. The maximum atomic E-state index is 12.0. The van der Waals surface area contributed by atoms with E-state index in [1.54, 1.807) is 12.1 Å². The molecule has 0 radical (unpaired) electrons. The van der Waals surface area contributed by atoms with Gasteiger partial charge in [-0.15, -0.1) is 0 Å². The highest BCUT2D eigenvalue weighted by Crippen LogP contribution is 2.26. The number of hydrogen-bond acceptors (Lipinski definition) is 1. The highest BCUT2D eigenvalue weighted by molar-refractivity contribution is 14.1. The van der Waals surface area contributed by atoms with Gasteiger partial charge in [-0.2, -0.15) is 0 Å². The molecule has 0 spiro atoms. The summed E-state index contributed by atoms with van der Waals surface area (Å²) in [7, 11) is 0. The Balaban J connectivity index is 2.89. The molecule has 0 aromatic heterocycles. The van der Waals surface area contributed by atoms with E-state index >= 15 is 0 Å². The molecular weight excluding hydrogens is 372 g/mol. The molecule has 0 fully saturated rings. The molecule has 94 valence electrons. The van der Waals surface area contributed by atoms with E-state index in [1.807, 2.05) is 6.92 Å². The number of carbonyl (C=O) groups is 1. The SMILES string of the molecule is CCC[C@@H](C)NC(=O)c1cc(Cl)cc(Cl)c1I. The van der Waals surface area contributed by atoms with Gasteiger partial charge in [-0.25, -0.2) is 0 Å². The van der Waals surface area contributed by atoms with Crippen LogP contribution in [0.2, 0.25) is 10.0 Å². The van der Waals surface area contributed by atoms with Gasteiger partial charge in [-0.1, -0.05) is 36.5 Å². The fourth-order valence-corrected chi connectivity index (χ4v) is 2.58. The maximum absolute atomic E-state index is 12.0. The molecular formula is C12H14Cl2INO. The normalized spacial score (nSPS) is 12.3. The third-order valence-electron chi connectivity index (χ3n) is 2.34. The summed E-state index contributed by atoms with van der Waals surface area (Å²) in [5, 5.41) is 3.91. The van der Waals surface area contributed by atoms with Crippen LogP contribution in [0, 0.1) is 3.57 Å². The summed E-state index contributed by atoms with van der Waals surface area (Å²) < 4.78 is 0.731. The van der Waals surface area contributed by atoms with Crippen LogP contribution in [-0.4, -0.2) is 11.9 Å². The summed E-state index contributed by atoms with van der Waals surface area (Å²) >= 11 is 13.9. The molecule has 0 unspecified atom stereocenters. The average molecular weight is 386 g/mol. The first kappa shape index (κ1) is 15.1. The van der Waals surface area contributed by atoms with E-state index in [1.165, 1.54) is 0 Å². The van der Waals surface area contributed by atoms with Crippen molar-refractivity contribution in [2.45, 2.75) is 32.7 Å². The lowest BCUT2D eigenvalue weighted by atomic mass is 10.1. The molecule has 0 heterocycles. The summed E-state index contributed by atoms with van der Waals surface area (Å²) in [5.74, 6) is -0.125. The number of carbonyl (C=O) groups excluding carboxylic acids is 1. The first-order valence-corrected chi connectivity index (χ1v) is 7.24. The van der Waals surface area contributed by atoms with Gasteiger partial charge in [-0.05, 0) is 48.1 Å². The number of benzene rings is 1. The van der Waals surface area contributed by atoms with Crippen LogP contribution in [0.5, 0.6) is 0 Å². The Morgan fingerprint density at radius 3 is 2.71 bits per heavy atom. The van der Waals surface area contributed by atoms with Crippen molar-refractivity contribution in [3.63, 3.8) is 0 Å². The number of hydrogen-bond donors (Lipinski definition) is 1. The van der Waals surface area contributed by atoms with Crippen LogP contribution in [-0.2, 0) is 0 Å². The van der Waals surface area contributed by atoms with Gasteiger partial charge >= 0.3 is 0 Å². The second kappa shape index (κ2) is 6.81. The Bertz CT molecular complexity index is 423. The lowest BCUT2D eigenvalue weighted by Crippen LogP contribution is -2.32. The van der Waals surface area contributed by atoms with Crippen LogP contribution in [0.25, 0.3) is 0 Å². The molecule has 0 aliphatic rings. The van der Waals surface area contributed by atoms with Crippen LogP contribution in [0.1, 0.15) is 37.0 Å². The summed E-state index contributed by atoms with van der Waals surface area (Å²) in [5.41, 5.74) is 0.533. The lowest BCUT2D eigenvalue weighted by molar-refractivity contribution is 0.0937. The van der Waals surface area contributed by atoms with E-state index in [-0.39, 0.29) is 11.9 Å². The first-order chi connectivity index (χ1) is 7.95. The van der Waals surface area contributed by atoms with Crippen LogP contribution in [0.4, 0.5) is 0 Å². The zero-order valence-corrected chi connectivity index (χ0v) is 13.4. The summed E-state index contributed by atoms with van der Waals surface area (Å²) in [6.07, 6.45) is 1.99. The number of rotatable bonds is 4. The van der Waals surface area contributed by atoms with E-state index in [2.05, 4.69) is 34.8 Å². The van der Waals surface area contributed by atoms with Crippen molar-refractivity contribution in [1.29, 1.82) is 0 Å². The number of nitrogens with one attached hydrogen (secondary N) is 1. The van der Waals surface area contributed by atoms with Gasteiger partial charge in [0.05, 0.1) is 10.6 Å². The third kappa shape index (κ3) is 4.30. The molecule has 17 heavy (non-hydrogen) atoms. The molecule has 0 saturated heterocycles. The number of halogens is 3. The molecule has 0 bridgehead atoms. The van der Waals surface area contributed by atoms with E-state index in [0.717, 1.165) is 16.4 Å². The quantitative estimate of drug-likeness (QED) is 0.599. The van der Waals surface area contributed by atoms with Crippen LogP contribution >= 0.6 is 45.8 Å². The molecule has 1 aromatic rings. The lowest BCUT2D eigenvalue weighted by Gasteiger charge is -2.14. The zero-order chi connectivity index (χ0) is 13.0. The van der Waals surface area contributed by atoms with Gasteiger partial charge in [0.2, 0.25) is 0 Å². The molecule has 1 aromatic carbocycles. The van der Waals surface area contributed by atoms with Gasteiger partial charge in [0.15, 0.2) is 0 Å².